The standard InChI is InChI=1S/C11H11N3O2/c1-8-5-3-4-6-10(8)14-7-9(12-13-14)11(15)16-2/h3-7H,1-2H3. The fraction of sp³-hybridized carbons (Fsp3) is 0.182. The number of benzene rings is 1. The van der Waals surface area contributed by atoms with Crippen molar-refractivity contribution in [2.24, 2.45) is 0 Å². The van der Waals surface area contributed by atoms with Crippen LogP contribution in [0, 0.1) is 6.92 Å². The maximum absolute atomic E-state index is 11.2. The average molecular weight is 217 g/mol. The molecule has 16 heavy (non-hydrogen) atoms. The van der Waals surface area contributed by atoms with Crippen LogP contribution in [0.2, 0.25) is 0 Å². The van der Waals surface area contributed by atoms with Crippen LogP contribution in [-0.4, -0.2) is 28.1 Å². The third-order valence-corrected chi connectivity index (χ3v) is 2.25. The highest BCUT2D eigenvalue weighted by atomic mass is 16.5. The summed E-state index contributed by atoms with van der Waals surface area (Å²) in [6.07, 6.45) is 1.55. The lowest BCUT2D eigenvalue weighted by Crippen LogP contribution is -2.01. The topological polar surface area (TPSA) is 57.0 Å². The molecule has 0 N–H and O–H groups in total. The van der Waals surface area contributed by atoms with Crippen molar-refractivity contribution in [1.29, 1.82) is 0 Å². The highest BCUT2D eigenvalue weighted by Crippen LogP contribution is 2.12. The van der Waals surface area contributed by atoms with E-state index in [9.17, 15) is 4.79 Å². The van der Waals surface area contributed by atoms with Crippen LogP contribution in [0.4, 0.5) is 0 Å². The molecule has 1 heterocycles. The highest BCUT2D eigenvalue weighted by molar-refractivity contribution is 5.86. The van der Waals surface area contributed by atoms with E-state index < -0.39 is 5.97 Å². The van der Waals surface area contributed by atoms with Crippen LogP contribution in [0.1, 0.15) is 16.1 Å². The maximum Gasteiger partial charge on any atom is 0.360 e. The molecule has 0 aliphatic heterocycles. The second-order valence-electron chi connectivity index (χ2n) is 3.33. The van der Waals surface area contributed by atoms with Crippen LogP contribution in [0.25, 0.3) is 5.69 Å². The number of carbonyl (C=O) groups excluding carboxylic acids is 1. The molecule has 0 radical (unpaired) electrons. The maximum atomic E-state index is 11.2. The van der Waals surface area contributed by atoms with E-state index >= 15 is 0 Å². The molecule has 0 amide bonds. The summed E-state index contributed by atoms with van der Waals surface area (Å²) in [4.78, 5) is 11.2. The van der Waals surface area contributed by atoms with Crippen molar-refractivity contribution >= 4 is 5.97 Å². The third kappa shape index (κ3) is 1.79. The van der Waals surface area contributed by atoms with Crippen LogP contribution < -0.4 is 0 Å². The van der Waals surface area contributed by atoms with E-state index in [1.165, 1.54) is 7.11 Å². The lowest BCUT2D eigenvalue weighted by Gasteiger charge is -2.02. The van der Waals surface area contributed by atoms with Crippen molar-refractivity contribution in [3.05, 3.63) is 41.7 Å². The summed E-state index contributed by atoms with van der Waals surface area (Å²) < 4.78 is 6.12. The fourth-order valence-electron chi connectivity index (χ4n) is 1.40. The molecule has 1 aromatic heterocycles. The molecule has 2 rings (SSSR count). The Bertz CT molecular complexity index is 519. The molecule has 2 aromatic rings. The largest absolute Gasteiger partial charge is 0.464 e. The molecule has 1 aromatic carbocycles. The Labute approximate surface area is 92.7 Å². The van der Waals surface area contributed by atoms with Gasteiger partial charge in [0.15, 0.2) is 5.69 Å². The second-order valence-corrected chi connectivity index (χ2v) is 3.33. The lowest BCUT2D eigenvalue weighted by atomic mass is 10.2. The SMILES string of the molecule is COC(=O)c1cn(-c2ccccc2C)nn1. The van der Waals surface area contributed by atoms with E-state index in [1.807, 2.05) is 31.2 Å². The number of hydrogen-bond acceptors (Lipinski definition) is 4. The predicted molar refractivity (Wildman–Crippen MR) is 57.4 cm³/mol. The Morgan fingerprint density at radius 2 is 2.12 bits per heavy atom. The molecular formula is C11H11N3O2. The minimum absolute atomic E-state index is 0.200. The quantitative estimate of drug-likeness (QED) is 0.713. The summed E-state index contributed by atoms with van der Waals surface area (Å²) in [6, 6.07) is 7.72. The van der Waals surface area contributed by atoms with E-state index in [4.69, 9.17) is 0 Å². The van der Waals surface area contributed by atoms with Gasteiger partial charge in [-0.25, -0.2) is 9.48 Å². The number of esters is 1. The van der Waals surface area contributed by atoms with E-state index in [0.29, 0.717) is 0 Å². The van der Waals surface area contributed by atoms with Crippen molar-refractivity contribution in [1.82, 2.24) is 15.0 Å². The van der Waals surface area contributed by atoms with E-state index in [1.54, 1.807) is 10.9 Å². The summed E-state index contributed by atoms with van der Waals surface area (Å²) in [7, 11) is 1.31. The Balaban J connectivity index is 2.39. The van der Waals surface area contributed by atoms with Gasteiger partial charge in [0.05, 0.1) is 19.0 Å². The van der Waals surface area contributed by atoms with Gasteiger partial charge < -0.3 is 4.74 Å². The molecule has 5 nitrogen and oxygen atoms in total. The van der Waals surface area contributed by atoms with Crippen LogP contribution in [-0.2, 0) is 4.74 Å². The van der Waals surface area contributed by atoms with Gasteiger partial charge >= 0.3 is 5.97 Å². The number of hydrogen-bond donors (Lipinski definition) is 0. The number of aromatic nitrogens is 3. The lowest BCUT2D eigenvalue weighted by molar-refractivity contribution is 0.0594. The number of ether oxygens (including phenoxy) is 1. The first-order valence-electron chi connectivity index (χ1n) is 4.79. The van der Waals surface area contributed by atoms with E-state index in [2.05, 4.69) is 15.0 Å². The first kappa shape index (κ1) is 10.4. The minimum atomic E-state index is -0.486. The van der Waals surface area contributed by atoms with E-state index in [0.717, 1.165) is 11.3 Å². The van der Waals surface area contributed by atoms with Gasteiger partial charge in [0.1, 0.15) is 0 Å². The first-order chi connectivity index (χ1) is 7.72. The van der Waals surface area contributed by atoms with Crippen molar-refractivity contribution in [2.45, 2.75) is 6.92 Å². The Kier molecular flexibility index (Phi) is 2.68. The van der Waals surface area contributed by atoms with Gasteiger partial charge in [0, 0.05) is 0 Å². The smallest absolute Gasteiger partial charge is 0.360 e. The predicted octanol–water partition coefficient (Wildman–Crippen LogP) is 1.36. The zero-order valence-corrected chi connectivity index (χ0v) is 9.04. The molecule has 5 heteroatoms. The molecule has 0 aliphatic rings. The molecule has 0 bridgehead atoms. The second kappa shape index (κ2) is 4.14. The van der Waals surface area contributed by atoms with E-state index in [-0.39, 0.29) is 5.69 Å². The average Bonchev–Trinajstić information content (AvgIpc) is 2.78. The normalized spacial score (nSPS) is 10.1. The molecule has 0 saturated carbocycles. The summed E-state index contributed by atoms with van der Waals surface area (Å²) in [5, 5.41) is 7.62. The monoisotopic (exact) mass is 217 g/mol. The highest BCUT2D eigenvalue weighted by Gasteiger charge is 2.11. The summed E-state index contributed by atoms with van der Waals surface area (Å²) in [5.74, 6) is -0.486. The van der Waals surface area contributed by atoms with Gasteiger partial charge in [-0.1, -0.05) is 23.4 Å². The Morgan fingerprint density at radius 1 is 1.38 bits per heavy atom. The van der Waals surface area contributed by atoms with Crippen LogP contribution in [0.5, 0.6) is 0 Å². The van der Waals surface area contributed by atoms with Gasteiger partial charge in [-0.05, 0) is 18.6 Å². The number of para-hydroxylation sites is 1. The fourth-order valence-corrected chi connectivity index (χ4v) is 1.40. The van der Waals surface area contributed by atoms with Crippen LogP contribution in [0.3, 0.4) is 0 Å². The molecule has 82 valence electrons. The first-order valence-corrected chi connectivity index (χ1v) is 4.79. The summed E-state index contributed by atoms with van der Waals surface area (Å²) >= 11 is 0. The molecule has 0 spiro atoms. The molecular weight excluding hydrogens is 206 g/mol. The van der Waals surface area contributed by atoms with Gasteiger partial charge in [-0.15, -0.1) is 5.10 Å². The molecule has 0 unspecified atom stereocenters. The zero-order chi connectivity index (χ0) is 11.5. The number of carbonyl (C=O) groups is 1. The van der Waals surface area contributed by atoms with Crippen molar-refractivity contribution in [3.8, 4) is 5.69 Å². The molecule has 0 saturated heterocycles. The molecule has 0 fully saturated rings. The summed E-state index contributed by atoms with van der Waals surface area (Å²) in [6.45, 7) is 1.97. The number of methoxy groups -OCH3 is 1. The van der Waals surface area contributed by atoms with Gasteiger partial charge in [0.2, 0.25) is 0 Å². The summed E-state index contributed by atoms with van der Waals surface area (Å²) in [5.41, 5.74) is 2.15. The number of nitrogens with zero attached hydrogens (tertiary/aromatic N) is 3. The van der Waals surface area contributed by atoms with Crippen molar-refractivity contribution < 1.29 is 9.53 Å². The Morgan fingerprint density at radius 3 is 2.81 bits per heavy atom. The van der Waals surface area contributed by atoms with Gasteiger partial charge in [-0.3, -0.25) is 0 Å². The van der Waals surface area contributed by atoms with Gasteiger partial charge in [-0.2, -0.15) is 0 Å². The van der Waals surface area contributed by atoms with Crippen molar-refractivity contribution in [3.63, 3.8) is 0 Å². The van der Waals surface area contributed by atoms with Crippen LogP contribution in [0.15, 0.2) is 30.5 Å². The third-order valence-electron chi connectivity index (χ3n) is 2.25. The Hall–Kier alpha value is -2.17. The number of aryl methyl sites for hydroxylation is 1. The number of rotatable bonds is 2. The minimum Gasteiger partial charge on any atom is -0.464 e. The molecule has 0 atom stereocenters. The zero-order valence-electron chi connectivity index (χ0n) is 9.04. The van der Waals surface area contributed by atoms with Gasteiger partial charge in [0.25, 0.3) is 0 Å². The van der Waals surface area contributed by atoms with Crippen molar-refractivity contribution in [2.75, 3.05) is 7.11 Å². The van der Waals surface area contributed by atoms with Crippen LogP contribution >= 0.6 is 0 Å². The molecule has 0 aliphatic carbocycles.